The highest BCUT2D eigenvalue weighted by molar-refractivity contribution is 5.76. The van der Waals surface area contributed by atoms with Crippen LogP contribution in [0.3, 0.4) is 0 Å². The van der Waals surface area contributed by atoms with Gasteiger partial charge in [0.2, 0.25) is 0 Å². The molecule has 2 N–H and O–H groups in total. The third-order valence-electron chi connectivity index (χ3n) is 4.32. The number of carbonyl (C=O) groups excluding carboxylic acids is 1. The standard InChI is InChI=1S/C13H21N3O3/c17-12(18)5-9-6-16(7-9)13(19)14-10-3-4-15(8-10)11-1-2-11/h9-11H,1-8H2,(H,14,19)(H,17,18). The van der Waals surface area contributed by atoms with E-state index < -0.39 is 5.97 Å². The van der Waals surface area contributed by atoms with Crippen LogP contribution in [0.4, 0.5) is 4.79 Å². The average Bonchev–Trinajstić information content (AvgIpc) is 3.04. The van der Waals surface area contributed by atoms with Gasteiger partial charge in [0.25, 0.3) is 0 Å². The van der Waals surface area contributed by atoms with Gasteiger partial charge < -0.3 is 15.3 Å². The van der Waals surface area contributed by atoms with Crippen molar-refractivity contribution in [1.82, 2.24) is 15.1 Å². The lowest BCUT2D eigenvalue weighted by molar-refractivity contribution is -0.139. The summed E-state index contributed by atoms with van der Waals surface area (Å²) in [5, 5.41) is 11.7. The molecule has 6 nitrogen and oxygen atoms in total. The van der Waals surface area contributed by atoms with E-state index in [2.05, 4.69) is 10.2 Å². The van der Waals surface area contributed by atoms with Crippen molar-refractivity contribution in [1.29, 1.82) is 0 Å². The van der Waals surface area contributed by atoms with E-state index in [1.54, 1.807) is 4.90 Å². The van der Waals surface area contributed by atoms with Gasteiger partial charge in [0.1, 0.15) is 0 Å². The Morgan fingerprint density at radius 1 is 1.16 bits per heavy atom. The van der Waals surface area contributed by atoms with Crippen molar-refractivity contribution in [2.24, 2.45) is 5.92 Å². The van der Waals surface area contributed by atoms with Crippen LogP contribution in [0.1, 0.15) is 25.7 Å². The smallest absolute Gasteiger partial charge is 0.317 e. The molecule has 0 bridgehead atoms. The van der Waals surface area contributed by atoms with Gasteiger partial charge in [0.15, 0.2) is 0 Å². The van der Waals surface area contributed by atoms with Gasteiger partial charge in [-0.3, -0.25) is 9.69 Å². The second-order valence-electron chi connectivity index (χ2n) is 6.03. The third kappa shape index (κ3) is 3.00. The first-order valence-corrected chi connectivity index (χ1v) is 7.13. The van der Waals surface area contributed by atoms with Crippen LogP contribution in [0, 0.1) is 5.92 Å². The highest BCUT2D eigenvalue weighted by atomic mass is 16.4. The number of carboxylic acids is 1. The van der Waals surface area contributed by atoms with E-state index in [9.17, 15) is 9.59 Å². The Hall–Kier alpha value is -1.30. The van der Waals surface area contributed by atoms with Gasteiger partial charge in [-0.25, -0.2) is 4.79 Å². The lowest BCUT2D eigenvalue weighted by Crippen LogP contribution is -2.56. The first kappa shape index (κ1) is 12.7. The normalized spacial score (nSPS) is 28.2. The second-order valence-corrected chi connectivity index (χ2v) is 6.03. The number of amides is 2. The molecule has 1 saturated carbocycles. The number of carboxylic acid groups (broad SMARTS) is 1. The summed E-state index contributed by atoms with van der Waals surface area (Å²) in [7, 11) is 0. The molecule has 3 aliphatic rings. The molecule has 0 radical (unpaired) electrons. The molecule has 2 aliphatic heterocycles. The molecule has 2 heterocycles. The van der Waals surface area contributed by atoms with Gasteiger partial charge in [0, 0.05) is 44.2 Å². The number of hydrogen-bond acceptors (Lipinski definition) is 3. The minimum atomic E-state index is -0.777. The van der Waals surface area contributed by atoms with E-state index in [-0.39, 0.29) is 24.4 Å². The summed E-state index contributed by atoms with van der Waals surface area (Å²) in [6.45, 7) is 3.23. The van der Waals surface area contributed by atoms with Crippen LogP contribution >= 0.6 is 0 Å². The molecule has 3 fully saturated rings. The van der Waals surface area contributed by atoms with E-state index in [0.29, 0.717) is 13.1 Å². The Morgan fingerprint density at radius 2 is 1.89 bits per heavy atom. The largest absolute Gasteiger partial charge is 0.481 e. The molecular weight excluding hydrogens is 246 g/mol. The van der Waals surface area contributed by atoms with Gasteiger partial charge in [0.05, 0.1) is 6.42 Å². The average molecular weight is 267 g/mol. The summed E-state index contributed by atoms with van der Waals surface area (Å²) in [6.07, 6.45) is 3.82. The van der Waals surface area contributed by atoms with Gasteiger partial charge in [-0.15, -0.1) is 0 Å². The molecule has 2 amide bonds. The second kappa shape index (κ2) is 5.00. The fraction of sp³-hybridized carbons (Fsp3) is 0.846. The monoisotopic (exact) mass is 267 g/mol. The van der Waals surface area contributed by atoms with Crippen molar-refractivity contribution >= 4 is 12.0 Å². The summed E-state index contributed by atoms with van der Waals surface area (Å²) in [5.41, 5.74) is 0. The van der Waals surface area contributed by atoms with E-state index in [0.717, 1.165) is 25.6 Å². The first-order chi connectivity index (χ1) is 9.11. The zero-order chi connectivity index (χ0) is 13.4. The van der Waals surface area contributed by atoms with Crippen molar-refractivity contribution in [2.45, 2.75) is 37.8 Å². The Balaban J connectivity index is 1.37. The molecule has 1 unspecified atom stereocenters. The lowest BCUT2D eigenvalue weighted by Gasteiger charge is -2.39. The summed E-state index contributed by atoms with van der Waals surface area (Å²) < 4.78 is 0. The summed E-state index contributed by atoms with van der Waals surface area (Å²) in [4.78, 5) is 26.7. The molecule has 106 valence electrons. The number of rotatable bonds is 4. The number of hydrogen-bond donors (Lipinski definition) is 2. The number of nitrogens with zero attached hydrogens (tertiary/aromatic N) is 2. The molecule has 1 aliphatic carbocycles. The molecule has 3 rings (SSSR count). The van der Waals surface area contributed by atoms with Crippen molar-refractivity contribution in [2.75, 3.05) is 26.2 Å². The van der Waals surface area contributed by atoms with Gasteiger partial charge >= 0.3 is 12.0 Å². The van der Waals surface area contributed by atoms with Gasteiger partial charge in [-0.2, -0.15) is 0 Å². The molecule has 0 aromatic heterocycles. The highest BCUT2D eigenvalue weighted by Gasteiger charge is 2.37. The molecule has 1 atom stereocenters. The van der Waals surface area contributed by atoms with Crippen molar-refractivity contribution in [3.63, 3.8) is 0 Å². The van der Waals surface area contributed by atoms with Crippen LogP contribution in [0.15, 0.2) is 0 Å². The quantitative estimate of drug-likeness (QED) is 0.770. The zero-order valence-electron chi connectivity index (χ0n) is 11.0. The predicted molar refractivity (Wildman–Crippen MR) is 68.8 cm³/mol. The summed E-state index contributed by atoms with van der Waals surface area (Å²) in [6, 6.07) is 1.02. The topological polar surface area (TPSA) is 72.9 Å². The van der Waals surface area contributed by atoms with Crippen LogP contribution in [0.25, 0.3) is 0 Å². The van der Waals surface area contributed by atoms with E-state index in [1.807, 2.05) is 0 Å². The Morgan fingerprint density at radius 3 is 2.53 bits per heavy atom. The number of urea groups is 1. The fourth-order valence-electron chi connectivity index (χ4n) is 3.05. The van der Waals surface area contributed by atoms with E-state index in [1.165, 1.54) is 12.8 Å². The Kier molecular flexibility index (Phi) is 3.35. The summed E-state index contributed by atoms with van der Waals surface area (Å²) >= 11 is 0. The molecule has 19 heavy (non-hydrogen) atoms. The Bertz CT molecular complexity index is 377. The number of likely N-dealkylation sites (tertiary alicyclic amines) is 2. The molecular formula is C13H21N3O3. The van der Waals surface area contributed by atoms with Crippen molar-refractivity contribution < 1.29 is 14.7 Å². The van der Waals surface area contributed by atoms with Crippen LogP contribution < -0.4 is 5.32 Å². The molecule has 0 aromatic rings. The maximum Gasteiger partial charge on any atom is 0.317 e. The van der Waals surface area contributed by atoms with E-state index in [4.69, 9.17) is 5.11 Å². The molecule has 2 saturated heterocycles. The highest BCUT2D eigenvalue weighted by Crippen LogP contribution is 2.30. The van der Waals surface area contributed by atoms with Crippen LogP contribution in [0.5, 0.6) is 0 Å². The molecule has 6 heteroatoms. The fourth-order valence-corrected chi connectivity index (χ4v) is 3.05. The third-order valence-corrected chi connectivity index (χ3v) is 4.32. The van der Waals surface area contributed by atoms with Crippen molar-refractivity contribution in [3.8, 4) is 0 Å². The minimum absolute atomic E-state index is 0.0238. The number of aliphatic carboxylic acids is 1. The molecule has 0 aromatic carbocycles. The van der Waals surface area contributed by atoms with E-state index >= 15 is 0 Å². The zero-order valence-corrected chi connectivity index (χ0v) is 11.0. The predicted octanol–water partition coefficient (Wildman–Crippen LogP) is 0.339. The number of nitrogens with one attached hydrogen (secondary N) is 1. The van der Waals surface area contributed by atoms with Crippen LogP contribution in [-0.4, -0.2) is 65.2 Å². The SMILES string of the molecule is O=C(O)CC1CN(C(=O)NC2CCN(C3CC3)C2)C1. The minimum Gasteiger partial charge on any atom is -0.481 e. The maximum atomic E-state index is 12.0. The van der Waals surface area contributed by atoms with Crippen LogP contribution in [-0.2, 0) is 4.79 Å². The first-order valence-electron chi connectivity index (χ1n) is 7.13. The number of carbonyl (C=O) groups is 2. The maximum absolute atomic E-state index is 12.0. The lowest BCUT2D eigenvalue weighted by atomic mass is 9.97. The summed E-state index contributed by atoms with van der Waals surface area (Å²) in [5.74, 6) is -0.643. The van der Waals surface area contributed by atoms with Crippen molar-refractivity contribution in [3.05, 3.63) is 0 Å². The van der Waals surface area contributed by atoms with Gasteiger partial charge in [-0.05, 0) is 19.3 Å². The van der Waals surface area contributed by atoms with Gasteiger partial charge in [-0.1, -0.05) is 0 Å². The Labute approximate surface area is 112 Å². The molecule has 0 spiro atoms. The van der Waals surface area contributed by atoms with Crippen LogP contribution in [0.2, 0.25) is 0 Å².